The molecule has 0 rings (SSSR count). The number of ether oxygens (including phenoxy) is 1. The number of hydrogen-bond donors (Lipinski definition) is 0. The fraction of sp³-hybridized carbons (Fsp3) is 1.00. The molecule has 0 amide bonds. The zero-order valence-electron chi connectivity index (χ0n) is 8.36. The smallest absolute Gasteiger partial charge is 0.136 e. The van der Waals surface area contributed by atoms with Crippen LogP contribution in [0.1, 0.15) is 41.5 Å². The average molecular weight is 179 g/mol. The molecule has 0 bridgehead atoms. The topological polar surface area (TPSA) is 9.23 Å². The monoisotopic (exact) mass is 178 g/mol. The summed E-state index contributed by atoms with van der Waals surface area (Å²) in [6.45, 7) is 12.2. The van der Waals surface area contributed by atoms with Gasteiger partial charge in [0.25, 0.3) is 0 Å². The predicted molar refractivity (Wildman–Crippen MR) is 49.9 cm³/mol. The van der Waals surface area contributed by atoms with Crippen molar-refractivity contribution in [1.82, 2.24) is 0 Å². The standard InChI is InChI=1S/C9H19ClO/c1-8(2,3)7(10)11-9(4,5)6/h7H,1-6H3. The van der Waals surface area contributed by atoms with Crippen molar-refractivity contribution in [2.75, 3.05) is 0 Å². The highest BCUT2D eigenvalue weighted by Crippen LogP contribution is 2.28. The Hall–Kier alpha value is 0.250. The molecule has 0 aliphatic carbocycles. The van der Waals surface area contributed by atoms with Crippen molar-refractivity contribution in [3.8, 4) is 0 Å². The van der Waals surface area contributed by atoms with E-state index in [4.69, 9.17) is 16.3 Å². The number of alkyl halides is 1. The van der Waals surface area contributed by atoms with Crippen LogP contribution in [0.25, 0.3) is 0 Å². The highest BCUT2D eigenvalue weighted by atomic mass is 35.5. The van der Waals surface area contributed by atoms with Crippen molar-refractivity contribution in [2.45, 2.75) is 52.7 Å². The summed E-state index contributed by atoms with van der Waals surface area (Å²) in [5.74, 6) is 0. The molecule has 0 spiro atoms. The van der Waals surface area contributed by atoms with Crippen molar-refractivity contribution in [3.63, 3.8) is 0 Å². The molecule has 0 radical (unpaired) electrons. The molecule has 0 aliphatic heterocycles. The van der Waals surface area contributed by atoms with Gasteiger partial charge in [0, 0.05) is 5.41 Å². The highest BCUT2D eigenvalue weighted by molar-refractivity contribution is 6.20. The molecule has 1 unspecified atom stereocenters. The van der Waals surface area contributed by atoms with Crippen LogP contribution in [0.5, 0.6) is 0 Å². The Morgan fingerprint density at radius 2 is 1.36 bits per heavy atom. The average Bonchev–Trinajstić information content (AvgIpc) is 1.56. The van der Waals surface area contributed by atoms with E-state index >= 15 is 0 Å². The third-order valence-electron chi connectivity index (χ3n) is 1.14. The molecule has 1 atom stereocenters. The van der Waals surface area contributed by atoms with E-state index in [1.807, 2.05) is 20.8 Å². The lowest BCUT2D eigenvalue weighted by Gasteiger charge is -2.31. The molecule has 0 aromatic rings. The van der Waals surface area contributed by atoms with E-state index in [0.717, 1.165) is 0 Å². The summed E-state index contributed by atoms with van der Waals surface area (Å²) in [4.78, 5) is 0. The Kier molecular flexibility index (Phi) is 3.40. The SMILES string of the molecule is CC(C)(C)OC(Cl)C(C)(C)C. The van der Waals surface area contributed by atoms with E-state index in [1.165, 1.54) is 0 Å². The van der Waals surface area contributed by atoms with Crippen molar-refractivity contribution in [2.24, 2.45) is 5.41 Å². The fourth-order valence-corrected chi connectivity index (χ4v) is 0.754. The zero-order chi connectivity index (χ0) is 9.28. The van der Waals surface area contributed by atoms with Crippen molar-refractivity contribution < 1.29 is 4.74 Å². The first-order valence-corrected chi connectivity index (χ1v) is 4.38. The van der Waals surface area contributed by atoms with Crippen LogP contribution in [-0.2, 0) is 4.74 Å². The maximum atomic E-state index is 6.02. The van der Waals surface area contributed by atoms with Crippen LogP contribution in [0.2, 0.25) is 0 Å². The van der Waals surface area contributed by atoms with Crippen molar-refractivity contribution >= 4 is 11.6 Å². The molecule has 11 heavy (non-hydrogen) atoms. The normalized spacial score (nSPS) is 16.6. The van der Waals surface area contributed by atoms with Gasteiger partial charge in [0.1, 0.15) is 5.56 Å². The van der Waals surface area contributed by atoms with E-state index in [-0.39, 0.29) is 16.6 Å². The van der Waals surface area contributed by atoms with Crippen molar-refractivity contribution in [1.29, 1.82) is 0 Å². The minimum absolute atomic E-state index is 0.00877. The quantitative estimate of drug-likeness (QED) is 0.560. The Morgan fingerprint density at radius 3 is 1.45 bits per heavy atom. The zero-order valence-corrected chi connectivity index (χ0v) is 9.12. The van der Waals surface area contributed by atoms with Gasteiger partial charge in [-0.15, -0.1) is 0 Å². The molecule has 0 aromatic heterocycles. The third-order valence-corrected chi connectivity index (χ3v) is 1.88. The number of hydrogen-bond acceptors (Lipinski definition) is 1. The lowest BCUT2D eigenvalue weighted by atomic mass is 9.97. The predicted octanol–water partition coefficient (Wildman–Crippen LogP) is 3.41. The largest absolute Gasteiger partial charge is 0.356 e. The first kappa shape index (κ1) is 11.2. The molecule has 0 heterocycles. The fourth-order valence-electron chi connectivity index (χ4n) is 0.487. The molecule has 0 saturated carbocycles. The molecule has 0 aliphatic rings. The minimum atomic E-state index is -0.220. The summed E-state index contributed by atoms with van der Waals surface area (Å²) in [6, 6.07) is 0. The Balaban J connectivity index is 3.99. The first-order valence-electron chi connectivity index (χ1n) is 3.95. The Bertz CT molecular complexity index is 119. The molecule has 0 aromatic carbocycles. The molecule has 1 nitrogen and oxygen atoms in total. The van der Waals surface area contributed by atoms with Crippen LogP contribution in [0.4, 0.5) is 0 Å². The van der Waals surface area contributed by atoms with Gasteiger partial charge in [-0.3, -0.25) is 0 Å². The third kappa shape index (κ3) is 5.51. The summed E-state index contributed by atoms with van der Waals surface area (Å²) < 4.78 is 5.57. The second-order valence-electron chi connectivity index (χ2n) is 4.91. The Labute approximate surface area is 75.1 Å². The lowest BCUT2D eigenvalue weighted by molar-refractivity contribution is -0.0627. The summed E-state index contributed by atoms with van der Waals surface area (Å²) in [6.07, 6.45) is 0. The van der Waals surface area contributed by atoms with Gasteiger partial charge in [-0.25, -0.2) is 0 Å². The molecular formula is C9H19ClO. The second kappa shape index (κ2) is 3.32. The van der Waals surface area contributed by atoms with E-state index < -0.39 is 0 Å². The van der Waals surface area contributed by atoms with Gasteiger partial charge in [-0.2, -0.15) is 0 Å². The van der Waals surface area contributed by atoms with Crippen LogP contribution in [0, 0.1) is 5.41 Å². The van der Waals surface area contributed by atoms with Gasteiger partial charge in [0.2, 0.25) is 0 Å². The van der Waals surface area contributed by atoms with Crippen LogP contribution in [0.3, 0.4) is 0 Å². The summed E-state index contributed by atoms with van der Waals surface area (Å²) in [5.41, 5.74) is -0.364. The second-order valence-corrected chi connectivity index (χ2v) is 5.31. The minimum Gasteiger partial charge on any atom is -0.356 e. The highest BCUT2D eigenvalue weighted by Gasteiger charge is 2.27. The molecule has 0 saturated heterocycles. The van der Waals surface area contributed by atoms with Crippen LogP contribution >= 0.6 is 11.6 Å². The molecular weight excluding hydrogens is 160 g/mol. The van der Waals surface area contributed by atoms with Crippen LogP contribution < -0.4 is 0 Å². The Morgan fingerprint density at radius 1 is 1.00 bits per heavy atom. The van der Waals surface area contributed by atoms with Crippen LogP contribution in [-0.4, -0.2) is 11.2 Å². The number of halogens is 1. The summed E-state index contributed by atoms with van der Waals surface area (Å²) in [7, 11) is 0. The molecule has 0 fully saturated rings. The maximum absolute atomic E-state index is 6.02. The maximum Gasteiger partial charge on any atom is 0.136 e. The van der Waals surface area contributed by atoms with Crippen LogP contribution in [0.15, 0.2) is 0 Å². The summed E-state index contributed by atoms with van der Waals surface area (Å²) >= 11 is 6.02. The van der Waals surface area contributed by atoms with Gasteiger partial charge in [-0.05, 0) is 20.8 Å². The molecule has 2 heteroatoms. The van der Waals surface area contributed by atoms with Gasteiger partial charge >= 0.3 is 0 Å². The lowest BCUT2D eigenvalue weighted by Crippen LogP contribution is -2.32. The van der Waals surface area contributed by atoms with Gasteiger partial charge in [-0.1, -0.05) is 32.4 Å². The van der Waals surface area contributed by atoms with Crippen molar-refractivity contribution in [3.05, 3.63) is 0 Å². The summed E-state index contributed by atoms with van der Waals surface area (Å²) in [5, 5.41) is 0. The van der Waals surface area contributed by atoms with E-state index in [1.54, 1.807) is 0 Å². The number of rotatable bonds is 1. The van der Waals surface area contributed by atoms with Gasteiger partial charge in [0.05, 0.1) is 5.60 Å². The molecule has 68 valence electrons. The van der Waals surface area contributed by atoms with Gasteiger partial charge in [0.15, 0.2) is 0 Å². The first-order chi connectivity index (χ1) is 4.63. The van der Waals surface area contributed by atoms with E-state index in [2.05, 4.69) is 20.8 Å². The van der Waals surface area contributed by atoms with Gasteiger partial charge < -0.3 is 4.74 Å². The van der Waals surface area contributed by atoms with E-state index in [9.17, 15) is 0 Å². The molecule has 0 N–H and O–H groups in total. The van der Waals surface area contributed by atoms with E-state index in [0.29, 0.717) is 0 Å².